The van der Waals surface area contributed by atoms with Crippen LogP contribution in [0.25, 0.3) is 11.0 Å². The van der Waals surface area contributed by atoms with Crippen LogP contribution in [0, 0.1) is 0 Å². The van der Waals surface area contributed by atoms with E-state index in [2.05, 4.69) is 9.97 Å². The molecule has 1 saturated heterocycles. The minimum Gasteiger partial charge on any atom is -0.391 e. The van der Waals surface area contributed by atoms with Gasteiger partial charge in [0.15, 0.2) is 5.65 Å². The Bertz CT molecular complexity index is 1050. The summed E-state index contributed by atoms with van der Waals surface area (Å²) in [7, 11) is -3.66. The molecule has 0 aliphatic carbocycles. The Labute approximate surface area is 155 Å². The smallest absolute Gasteiger partial charge is 0.244 e. The highest BCUT2D eigenvalue weighted by Gasteiger charge is 2.26. The minimum atomic E-state index is -3.66. The minimum absolute atomic E-state index is 0.0243. The standard InChI is InChI=1S/C17H17ClN4O3S/c18-17-19-15(21-8-6-13(23)10-21)14-7-9-22(16(14)20-17)26(24,25)11-12-4-2-1-3-5-12/h1-5,7,9,13,23H,6,8,10-11H2/t13-/m0/s1. The monoisotopic (exact) mass is 392 g/mol. The zero-order valence-electron chi connectivity index (χ0n) is 13.8. The maximum atomic E-state index is 12.9. The first-order chi connectivity index (χ1) is 12.4. The zero-order valence-corrected chi connectivity index (χ0v) is 15.4. The van der Waals surface area contributed by atoms with Crippen molar-refractivity contribution in [2.75, 3.05) is 18.0 Å². The average molecular weight is 393 g/mol. The lowest BCUT2D eigenvalue weighted by molar-refractivity contribution is 0.198. The molecule has 1 aliphatic rings. The van der Waals surface area contributed by atoms with E-state index in [0.717, 1.165) is 3.97 Å². The third kappa shape index (κ3) is 3.15. The Morgan fingerprint density at radius 1 is 1.19 bits per heavy atom. The van der Waals surface area contributed by atoms with Crippen LogP contribution in [-0.2, 0) is 15.8 Å². The third-order valence-corrected chi connectivity index (χ3v) is 6.18. The summed E-state index contributed by atoms with van der Waals surface area (Å²) in [6, 6.07) is 10.6. The highest BCUT2D eigenvalue weighted by atomic mass is 35.5. The molecule has 3 aromatic rings. The highest BCUT2D eigenvalue weighted by Crippen LogP contribution is 2.30. The highest BCUT2D eigenvalue weighted by molar-refractivity contribution is 7.89. The molecule has 0 saturated carbocycles. The van der Waals surface area contributed by atoms with Crippen LogP contribution in [0.5, 0.6) is 0 Å². The predicted molar refractivity (Wildman–Crippen MR) is 99.8 cm³/mol. The van der Waals surface area contributed by atoms with Gasteiger partial charge in [-0.1, -0.05) is 30.3 Å². The third-order valence-electron chi connectivity index (χ3n) is 4.42. The maximum Gasteiger partial charge on any atom is 0.244 e. The molecule has 136 valence electrons. The lowest BCUT2D eigenvalue weighted by Gasteiger charge is -2.17. The fourth-order valence-corrected chi connectivity index (χ4v) is 4.77. The number of nitrogens with zero attached hydrogens (tertiary/aromatic N) is 4. The van der Waals surface area contributed by atoms with Crippen molar-refractivity contribution in [1.29, 1.82) is 0 Å². The number of aliphatic hydroxyl groups excluding tert-OH is 1. The molecule has 0 unspecified atom stereocenters. The van der Waals surface area contributed by atoms with Crippen LogP contribution in [-0.4, -0.2) is 46.7 Å². The molecule has 0 bridgehead atoms. The van der Waals surface area contributed by atoms with E-state index in [1.165, 1.54) is 6.20 Å². The van der Waals surface area contributed by atoms with E-state index in [-0.39, 0.29) is 16.7 Å². The summed E-state index contributed by atoms with van der Waals surface area (Å²) in [5.41, 5.74) is 0.940. The van der Waals surface area contributed by atoms with Crippen molar-refractivity contribution in [2.45, 2.75) is 18.3 Å². The van der Waals surface area contributed by atoms with Gasteiger partial charge in [0.05, 0.1) is 17.2 Å². The van der Waals surface area contributed by atoms with Gasteiger partial charge in [-0.3, -0.25) is 0 Å². The first kappa shape index (κ1) is 17.3. The molecule has 3 heterocycles. The van der Waals surface area contributed by atoms with Crippen molar-refractivity contribution in [3.05, 3.63) is 53.4 Å². The second kappa shape index (κ2) is 6.53. The molecule has 26 heavy (non-hydrogen) atoms. The number of hydrogen-bond donors (Lipinski definition) is 1. The molecule has 1 atom stereocenters. The Kier molecular flexibility index (Phi) is 4.34. The Hall–Kier alpha value is -2.16. The van der Waals surface area contributed by atoms with E-state index in [9.17, 15) is 13.5 Å². The number of β-amino-alcohol motifs (C(OH)–C–C–N with tert-alkyl or cyclic N) is 1. The first-order valence-electron chi connectivity index (χ1n) is 8.19. The number of benzene rings is 1. The van der Waals surface area contributed by atoms with Gasteiger partial charge in [-0.15, -0.1) is 0 Å². The van der Waals surface area contributed by atoms with Crippen molar-refractivity contribution in [2.24, 2.45) is 0 Å². The first-order valence-corrected chi connectivity index (χ1v) is 10.2. The number of rotatable bonds is 4. The molecular weight excluding hydrogens is 376 g/mol. The van der Waals surface area contributed by atoms with E-state index >= 15 is 0 Å². The molecular formula is C17H17ClN4O3S. The molecule has 0 radical (unpaired) electrons. The van der Waals surface area contributed by atoms with Crippen LogP contribution in [0.15, 0.2) is 42.6 Å². The Balaban J connectivity index is 1.78. The molecule has 0 spiro atoms. The molecule has 1 N–H and O–H groups in total. The second-order valence-electron chi connectivity index (χ2n) is 6.30. The normalized spacial score (nSPS) is 17.9. The summed E-state index contributed by atoms with van der Waals surface area (Å²) in [6.45, 7) is 1.07. The van der Waals surface area contributed by atoms with Crippen molar-refractivity contribution in [3.8, 4) is 0 Å². The summed E-state index contributed by atoms with van der Waals surface area (Å²) in [4.78, 5) is 10.3. The van der Waals surface area contributed by atoms with Gasteiger partial charge in [0.1, 0.15) is 5.82 Å². The van der Waals surface area contributed by atoms with Crippen LogP contribution in [0.1, 0.15) is 12.0 Å². The number of halogens is 1. The molecule has 4 rings (SSSR count). The van der Waals surface area contributed by atoms with Gasteiger partial charge in [-0.2, -0.15) is 9.97 Å². The van der Waals surface area contributed by atoms with Crippen molar-refractivity contribution < 1.29 is 13.5 Å². The fraction of sp³-hybridized carbons (Fsp3) is 0.294. The van der Waals surface area contributed by atoms with E-state index in [1.54, 1.807) is 30.3 Å². The Morgan fingerprint density at radius 2 is 1.96 bits per heavy atom. The van der Waals surface area contributed by atoms with Crippen LogP contribution in [0.4, 0.5) is 5.82 Å². The van der Waals surface area contributed by atoms with Crippen LogP contribution in [0.2, 0.25) is 5.28 Å². The molecule has 7 nitrogen and oxygen atoms in total. The van der Waals surface area contributed by atoms with Crippen molar-refractivity contribution >= 4 is 38.5 Å². The van der Waals surface area contributed by atoms with Crippen LogP contribution < -0.4 is 4.90 Å². The molecule has 1 fully saturated rings. The summed E-state index contributed by atoms with van der Waals surface area (Å²) in [6.07, 6.45) is 1.68. The van der Waals surface area contributed by atoms with Gasteiger partial charge < -0.3 is 10.0 Å². The zero-order chi connectivity index (χ0) is 18.3. The van der Waals surface area contributed by atoms with Gasteiger partial charge in [-0.25, -0.2) is 12.4 Å². The van der Waals surface area contributed by atoms with Gasteiger partial charge in [0, 0.05) is 19.3 Å². The summed E-state index contributed by atoms with van der Waals surface area (Å²) in [5, 5.41) is 10.4. The topological polar surface area (TPSA) is 88.3 Å². The largest absolute Gasteiger partial charge is 0.391 e. The Morgan fingerprint density at radius 3 is 2.65 bits per heavy atom. The van der Waals surface area contributed by atoms with E-state index in [4.69, 9.17) is 11.6 Å². The lowest BCUT2D eigenvalue weighted by atomic mass is 10.2. The van der Waals surface area contributed by atoms with Gasteiger partial charge in [0.25, 0.3) is 0 Å². The molecule has 0 amide bonds. The second-order valence-corrected chi connectivity index (χ2v) is 8.48. The molecule has 2 aromatic heterocycles. The molecule has 9 heteroatoms. The molecule has 1 aliphatic heterocycles. The average Bonchev–Trinajstić information content (AvgIpc) is 3.21. The quantitative estimate of drug-likeness (QED) is 0.683. The van der Waals surface area contributed by atoms with Gasteiger partial charge in [0.2, 0.25) is 15.3 Å². The number of anilines is 1. The summed E-state index contributed by atoms with van der Waals surface area (Å²) < 4.78 is 26.9. The fourth-order valence-electron chi connectivity index (χ4n) is 3.20. The predicted octanol–water partition coefficient (Wildman–Crippen LogP) is 2.03. The lowest BCUT2D eigenvalue weighted by Crippen LogP contribution is -2.23. The summed E-state index contributed by atoms with van der Waals surface area (Å²) >= 11 is 6.06. The van der Waals surface area contributed by atoms with Crippen LogP contribution in [0.3, 0.4) is 0 Å². The SMILES string of the molecule is O=S(=O)(Cc1ccccc1)n1ccc2c(N3CC[C@H](O)C3)nc(Cl)nc21. The maximum absolute atomic E-state index is 12.9. The van der Waals surface area contributed by atoms with E-state index in [1.807, 2.05) is 11.0 Å². The van der Waals surface area contributed by atoms with E-state index < -0.39 is 16.1 Å². The molecule has 1 aromatic carbocycles. The van der Waals surface area contributed by atoms with Gasteiger partial charge in [-0.05, 0) is 29.7 Å². The number of aliphatic hydroxyl groups is 1. The van der Waals surface area contributed by atoms with Gasteiger partial charge >= 0.3 is 0 Å². The van der Waals surface area contributed by atoms with E-state index in [0.29, 0.717) is 36.3 Å². The van der Waals surface area contributed by atoms with Crippen LogP contribution >= 0.6 is 11.6 Å². The summed E-state index contributed by atoms with van der Waals surface area (Å²) in [5.74, 6) is 0.405. The number of hydrogen-bond acceptors (Lipinski definition) is 6. The number of aromatic nitrogens is 3. The van der Waals surface area contributed by atoms with Crippen molar-refractivity contribution in [3.63, 3.8) is 0 Å². The number of fused-ring (bicyclic) bond motifs is 1. The van der Waals surface area contributed by atoms with Crippen molar-refractivity contribution in [1.82, 2.24) is 13.9 Å².